The highest BCUT2D eigenvalue weighted by Crippen LogP contribution is 2.36. The summed E-state index contributed by atoms with van der Waals surface area (Å²) in [6.07, 6.45) is 7.56. The number of hydrogen-bond acceptors (Lipinski definition) is 2. The molecule has 0 N–H and O–H groups in total. The monoisotopic (exact) mass is 607 g/mol. The number of alkyl halides is 1. The highest BCUT2D eigenvalue weighted by Gasteiger charge is 2.12. The molecular weight excluding hydrogens is 582 g/mol. The third-order valence-electron chi connectivity index (χ3n) is 5.06. The summed E-state index contributed by atoms with van der Waals surface area (Å²) in [4.78, 5) is 2.25. The molecule has 0 aromatic heterocycles. The van der Waals surface area contributed by atoms with E-state index in [-0.39, 0.29) is 0 Å². The summed E-state index contributed by atoms with van der Waals surface area (Å²) >= 11 is 10.6. The first-order chi connectivity index (χ1) is 15.2. The molecule has 0 saturated heterocycles. The van der Waals surface area contributed by atoms with Crippen LogP contribution in [0, 0.1) is 0 Å². The van der Waals surface area contributed by atoms with Crippen LogP contribution in [0.1, 0.15) is 38.5 Å². The van der Waals surface area contributed by atoms with Crippen LogP contribution in [0.4, 0.5) is 17.1 Å². The van der Waals surface area contributed by atoms with Crippen LogP contribution in [0.3, 0.4) is 0 Å². The molecule has 31 heavy (non-hydrogen) atoms. The van der Waals surface area contributed by atoms with Crippen molar-refractivity contribution < 1.29 is 4.74 Å². The van der Waals surface area contributed by atoms with Gasteiger partial charge in [0.15, 0.2) is 0 Å². The minimum absolute atomic E-state index is 0.779. The molecule has 0 aliphatic carbocycles. The number of nitrogens with zero attached hydrogens (tertiary/aromatic N) is 1. The molecule has 3 rings (SSSR count). The lowest BCUT2D eigenvalue weighted by molar-refractivity contribution is 0.304. The minimum Gasteiger partial charge on any atom is -0.494 e. The maximum atomic E-state index is 5.97. The molecule has 2 nitrogen and oxygen atoms in total. The topological polar surface area (TPSA) is 12.5 Å². The van der Waals surface area contributed by atoms with E-state index in [0.717, 1.165) is 50.1 Å². The highest BCUT2D eigenvalue weighted by atomic mass is 79.9. The van der Waals surface area contributed by atoms with Crippen LogP contribution < -0.4 is 9.64 Å². The number of ether oxygens (including phenoxy) is 1. The fourth-order valence-electron chi connectivity index (χ4n) is 3.41. The fourth-order valence-corrected chi connectivity index (χ4v) is 4.34. The van der Waals surface area contributed by atoms with E-state index in [1.807, 2.05) is 0 Å². The molecule has 0 bridgehead atoms. The van der Waals surface area contributed by atoms with E-state index >= 15 is 0 Å². The first-order valence-corrected chi connectivity index (χ1v) is 13.5. The molecule has 0 amide bonds. The number of benzene rings is 3. The Hall–Kier alpha value is -1.30. The smallest absolute Gasteiger partial charge is 0.119 e. The predicted octanol–water partition coefficient (Wildman–Crippen LogP) is 9.80. The third kappa shape index (κ3) is 7.96. The molecule has 3 aromatic rings. The van der Waals surface area contributed by atoms with Crippen molar-refractivity contribution in [1.29, 1.82) is 0 Å². The van der Waals surface area contributed by atoms with Gasteiger partial charge in [-0.2, -0.15) is 0 Å². The van der Waals surface area contributed by atoms with Crippen molar-refractivity contribution in [2.75, 3.05) is 16.8 Å². The molecule has 0 heterocycles. The van der Waals surface area contributed by atoms with Crippen molar-refractivity contribution in [3.63, 3.8) is 0 Å². The van der Waals surface area contributed by atoms with Crippen molar-refractivity contribution in [1.82, 2.24) is 0 Å². The van der Waals surface area contributed by atoms with E-state index in [1.165, 1.54) is 32.1 Å². The zero-order valence-corrected chi connectivity index (χ0v) is 22.3. The molecule has 0 fully saturated rings. The lowest BCUT2D eigenvalue weighted by atomic mass is 10.1. The first-order valence-electron chi connectivity index (χ1n) is 10.8. The number of rotatable bonds is 12. The molecule has 164 valence electrons. The molecule has 0 atom stereocenters. The Morgan fingerprint density at radius 2 is 0.968 bits per heavy atom. The van der Waals surface area contributed by atoms with Crippen LogP contribution in [0.15, 0.2) is 81.7 Å². The first kappa shape index (κ1) is 24.3. The van der Waals surface area contributed by atoms with Gasteiger partial charge in [-0.05, 0) is 85.6 Å². The summed E-state index contributed by atoms with van der Waals surface area (Å²) in [6, 6.07) is 25.1. The van der Waals surface area contributed by atoms with Gasteiger partial charge >= 0.3 is 0 Å². The molecule has 0 radical (unpaired) electrons. The number of hydrogen-bond donors (Lipinski definition) is 0. The van der Waals surface area contributed by atoms with Crippen molar-refractivity contribution in [3.05, 3.63) is 81.7 Å². The average molecular weight is 610 g/mol. The summed E-state index contributed by atoms with van der Waals surface area (Å²) in [5.74, 6) is 0.926. The van der Waals surface area contributed by atoms with E-state index < -0.39 is 0 Å². The van der Waals surface area contributed by atoms with Gasteiger partial charge in [-0.3, -0.25) is 0 Å². The second-order valence-corrected chi connectivity index (χ2v) is 10.1. The molecular formula is C26H28Br3NO. The number of halogens is 3. The van der Waals surface area contributed by atoms with Crippen molar-refractivity contribution in [3.8, 4) is 5.75 Å². The van der Waals surface area contributed by atoms with E-state index in [4.69, 9.17) is 4.74 Å². The number of anilines is 3. The van der Waals surface area contributed by atoms with Gasteiger partial charge in [-0.1, -0.05) is 73.5 Å². The molecule has 0 spiro atoms. The zero-order chi connectivity index (χ0) is 21.9. The lowest BCUT2D eigenvalue weighted by Gasteiger charge is -2.25. The van der Waals surface area contributed by atoms with Crippen LogP contribution in [0.2, 0.25) is 0 Å². The largest absolute Gasteiger partial charge is 0.494 e. The van der Waals surface area contributed by atoms with E-state index in [2.05, 4.69) is 125 Å². The van der Waals surface area contributed by atoms with Crippen LogP contribution >= 0.6 is 47.8 Å². The van der Waals surface area contributed by atoms with Crippen molar-refractivity contribution >= 4 is 64.9 Å². The second-order valence-electron chi connectivity index (χ2n) is 7.44. The van der Waals surface area contributed by atoms with E-state index in [1.54, 1.807) is 0 Å². The SMILES string of the molecule is BrCCCCCCCCOc1ccc(N(c2ccc(Br)cc2)c2ccc(Br)cc2)cc1. The Morgan fingerprint density at radius 1 is 0.548 bits per heavy atom. The number of unbranched alkanes of at least 4 members (excludes halogenated alkanes) is 5. The summed E-state index contributed by atoms with van der Waals surface area (Å²) in [7, 11) is 0. The fraction of sp³-hybridized carbons (Fsp3) is 0.308. The van der Waals surface area contributed by atoms with Gasteiger partial charge in [0, 0.05) is 31.3 Å². The Labute approximate surface area is 211 Å². The molecule has 3 aromatic carbocycles. The zero-order valence-electron chi connectivity index (χ0n) is 17.6. The maximum Gasteiger partial charge on any atom is 0.119 e. The quantitative estimate of drug-likeness (QED) is 0.150. The molecule has 5 heteroatoms. The van der Waals surface area contributed by atoms with Crippen molar-refractivity contribution in [2.24, 2.45) is 0 Å². The molecule has 0 unspecified atom stereocenters. The van der Waals surface area contributed by atoms with Gasteiger partial charge in [0.2, 0.25) is 0 Å². The lowest BCUT2D eigenvalue weighted by Crippen LogP contribution is -2.09. The Balaban J connectivity index is 1.63. The van der Waals surface area contributed by atoms with Crippen LogP contribution in [0.5, 0.6) is 5.75 Å². The summed E-state index contributed by atoms with van der Waals surface area (Å²) in [5, 5.41) is 1.12. The maximum absolute atomic E-state index is 5.97. The standard InChI is InChI=1S/C26H28Br3NO/c27-19-5-3-1-2-4-6-20-31-26-17-15-25(16-18-26)30(23-11-7-21(28)8-12-23)24-13-9-22(29)10-14-24/h7-18H,1-6,19-20H2. The molecule has 0 saturated carbocycles. The second kappa shape index (κ2) is 13.3. The average Bonchev–Trinajstić information content (AvgIpc) is 2.79. The highest BCUT2D eigenvalue weighted by molar-refractivity contribution is 9.10. The van der Waals surface area contributed by atoms with Gasteiger partial charge in [-0.15, -0.1) is 0 Å². The van der Waals surface area contributed by atoms with Crippen LogP contribution in [-0.2, 0) is 0 Å². The summed E-state index contributed by atoms with van der Waals surface area (Å²) in [6.45, 7) is 0.779. The Morgan fingerprint density at radius 3 is 1.45 bits per heavy atom. The van der Waals surface area contributed by atoms with Crippen molar-refractivity contribution in [2.45, 2.75) is 38.5 Å². The summed E-state index contributed by atoms with van der Waals surface area (Å²) < 4.78 is 8.11. The van der Waals surface area contributed by atoms with E-state index in [0.29, 0.717) is 0 Å². The van der Waals surface area contributed by atoms with Gasteiger partial charge in [0.1, 0.15) is 5.75 Å². The Bertz CT molecular complexity index is 850. The van der Waals surface area contributed by atoms with Gasteiger partial charge in [0.05, 0.1) is 6.61 Å². The molecule has 0 aliphatic rings. The third-order valence-corrected chi connectivity index (χ3v) is 6.68. The van der Waals surface area contributed by atoms with Crippen LogP contribution in [-0.4, -0.2) is 11.9 Å². The molecule has 0 aliphatic heterocycles. The van der Waals surface area contributed by atoms with Gasteiger partial charge in [-0.25, -0.2) is 0 Å². The Kier molecular flexibility index (Phi) is 10.4. The predicted molar refractivity (Wildman–Crippen MR) is 144 cm³/mol. The minimum atomic E-state index is 0.779. The van der Waals surface area contributed by atoms with Crippen LogP contribution in [0.25, 0.3) is 0 Å². The van der Waals surface area contributed by atoms with E-state index in [9.17, 15) is 0 Å². The van der Waals surface area contributed by atoms with Gasteiger partial charge < -0.3 is 9.64 Å². The normalized spacial score (nSPS) is 10.8. The van der Waals surface area contributed by atoms with Gasteiger partial charge in [0.25, 0.3) is 0 Å². The summed E-state index contributed by atoms with van der Waals surface area (Å²) in [5.41, 5.74) is 3.32.